The van der Waals surface area contributed by atoms with Crippen LogP contribution >= 0.6 is 22.6 Å². The van der Waals surface area contributed by atoms with Gasteiger partial charge in [0, 0.05) is 3.92 Å². The van der Waals surface area contributed by atoms with E-state index >= 15 is 0 Å². The van der Waals surface area contributed by atoms with Crippen LogP contribution in [0, 0.1) is 0 Å². The first-order valence-corrected chi connectivity index (χ1v) is 4.28. The molecule has 0 aromatic heterocycles. The Morgan fingerprint density at radius 1 is 1.00 bits per heavy atom. The smallest absolute Gasteiger partial charge is 0.0110 e. The molecule has 0 atom stereocenters. The van der Waals surface area contributed by atoms with Gasteiger partial charge in [-0.2, -0.15) is 0 Å². The lowest BCUT2D eigenvalue weighted by Gasteiger charge is -2.13. The SMILES string of the molecule is C.IC1CCCCC1. The standard InChI is InChI=1S/C6H11I.CH4/c7-6-4-2-1-3-5-6;/h6H,1-5H2;1H4. The Hall–Kier alpha value is 0.730. The van der Waals surface area contributed by atoms with Crippen LogP contribution in [0.3, 0.4) is 0 Å². The molecule has 50 valence electrons. The molecule has 1 heteroatoms. The minimum absolute atomic E-state index is 0. The van der Waals surface area contributed by atoms with Crippen molar-refractivity contribution in [2.45, 2.75) is 43.5 Å². The van der Waals surface area contributed by atoms with Gasteiger partial charge < -0.3 is 0 Å². The van der Waals surface area contributed by atoms with E-state index < -0.39 is 0 Å². The average Bonchev–Trinajstić information content (AvgIpc) is 1.69. The molecule has 1 aliphatic rings. The molecule has 0 unspecified atom stereocenters. The highest BCUT2D eigenvalue weighted by Gasteiger charge is 2.07. The summed E-state index contributed by atoms with van der Waals surface area (Å²) in [5, 5.41) is 0. The lowest BCUT2D eigenvalue weighted by Crippen LogP contribution is -2.02. The maximum atomic E-state index is 2.56. The van der Waals surface area contributed by atoms with Gasteiger partial charge in [0.15, 0.2) is 0 Å². The van der Waals surface area contributed by atoms with Crippen LogP contribution in [0.4, 0.5) is 0 Å². The summed E-state index contributed by atoms with van der Waals surface area (Å²) in [5.41, 5.74) is 0. The third-order valence-corrected chi connectivity index (χ3v) is 2.78. The fourth-order valence-corrected chi connectivity index (χ4v) is 1.93. The van der Waals surface area contributed by atoms with Gasteiger partial charge in [-0.05, 0) is 12.8 Å². The Labute approximate surface area is 66.2 Å². The second-order valence-corrected chi connectivity index (χ2v) is 4.00. The summed E-state index contributed by atoms with van der Waals surface area (Å²) in [6.45, 7) is 0. The minimum Gasteiger partial charge on any atom is -0.0826 e. The Balaban J connectivity index is 0.000000490. The van der Waals surface area contributed by atoms with Gasteiger partial charge in [0.05, 0.1) is 0 Å². The number of hydrogen-bond acceptors (Lipinski definition) is 0. The van der Waals surface area contributed by atoms with E-state index in [1.807, 2.05) is 0 Å². The maximum Gasteiger partial charge on any atom is 0.0110 e. The highest BCUT2D eigenvalue weighted by atomic mass is 127. The average molecular weight is 226 g/mol. The molecule has 0 spiro atoms. The van der Waals surface area contributed by atoms with Gasteiger partial charge in [-0.1, -0.05) is 49.3 Å². The molecule has 8 heavy (non-hydrogen) atoms. The summed E-state index contributed by atoms with van der Waals surface area (Å²) < 4.78 is 1.01. The molecule has 0 N–H and O–H groups in total. The monoisotopic (exact) mass is 226 g/mol. The zero-order valence-electron chi connectivity index (χ0n) is 4.49. The van der Waals surface area contributed by atoms with Gasteiger partial charge in [0.1, 0.15) is 0 Å². The van der Waals surface area contributed by atoms with Gasteiger partial charge in [-0.25, -0.2) is 0 Å². The van der Waals surface area contributed by atoms with Crippen molar-refractivity contribution < 1.29 is 0 Å². The van der Waals surface area contributed by atoms with E-state index in [9.17, 15) is 0 Å². The molecule has 1 rings (SSSR count). The minimum atomic E-state index is 0. The van der Waals surface area contributed by atoms with Gasteiger partial charge in [0.2, 0.25) is 0 Å². The molecule has 0 radical (unpaired) electrons. The third-order valence-electron chi connectivity index (χ3n) is 1.53. The molecule has 0 aromatic rings. The molecule has 0 aromatic carbocycles. The highest BCUT2D eigenvalue weighted by Crippen LogP contribution is 2.23. The van der Waals surface area contributed by atoms with Crippen LogP contribution < -0.4 is 0 Å². The van der Waals surface area contributed by atoms with Crippen LogP contribution in [0.5, 0.6) is 0 Å². The summed E-state index contributed by atoms with van der Waals surface area (Å²) in [4.78, 5) is 0. The van der Waals surface area contributed by atoms with Crippen LogP contribution in [0.15, 0.2) is 0 Å². The van der Waals surface area contributed by atoms with E-state index in [4.69, 9.17) is 0 Å². The number of alkyl halides is 1. The fraction of sp³-hybridized carbons (Fsp3) is 1.00. The second-order valence-electron chi connectivity index (χ2n) is 2.24. The Bertz CT molecular complexity index is 46.3. The van der Waals surface area contributed by atoms with Gasteiger partial charge in [0.25, 0.3) is 0 Å². The van der Waals surface area contributed by atoms with Crippen LogP contribution in [0.2, 0.25) is 0 Å². The summed E-state index contributed by atoms with van der Waals surface area (Å²) in [6, 6.07) is 0. The molecule has 0 bridgehead atoms. The predicted octanol–water partition coefficient (Wildman–Crippen LogP) is 3.39. The van der Waals surface area contributed by atoms with E-state index in [1.54, 1.807) is 0 Å². The topological polar surface area (TPSA) is 0 Å². The first-order chi connectivity index (χ1) is 3.39. The van der Waals surface area contributed by atoms with Crippen molar-refractivity contribution in [1.82, 2.24) is 0 Å². The molecule has 0 heterocycles. The number of halogens is 1. The molecular formula is C7H15I. The molecular weight excluding hydrogens is 211 g/mol. The molecule has 1 fully saturated rings. The van der Waals surface area contributed by atoms with Gasteiger partial charge in [-0.15, -0.1) is 0 Å². The molecule has 1 saturated carbocycles. The van der Waals surface area contributed by atoms with Crippen LogP contribution in [-0.2, 0) is 0 Å². The lowest BCUT2D eigenvalue weighted by molar-refractivity contribution is 0.528. The Kier molecular flexibility index (Phi) is 5.01. The third kappa shape index (κ3) is 2.90. The van der Waals surface area contributed by atoms with Crippen molar-refractivity contribution in [2.75, 3.05) is 0 Å². The maximum absolute atomic E-state index is 2.56. The molecule has 0 amide bonds. The largest absolute Gasteiger partial charge is 0.0826 e. The lowest BCUT2D eigenvalue weighted by atomic mass is 10.0. The predicted molar refractivity (Wildman–Crippen MR) is 47.6 cm³/mol. The first kappa shape index (κ1) is 8.73. The number of rotatable bonds is 0. The van der Waals surface area contributed by atoms with Crippen molar-refractivity contribution in [3.05, 3.63) is 0 Å². The van der Waals surface area contributed by atoms with Crippen LogP contribution in [-0.4, -0.2) is 3.92 Å². The molecule has 0 saturated heterocycles. The molecule has 0 aliphatic heterocycles. The van der Waals surface area contributed by atoms with E-state index in [-0.39, 0.29) is 7.43 Å². The van der Waals surface area contributed by atoms with E-state index in [2.05, 4.69) is 22.6 Å². The van der Waals surface area contributed by atoms with Crippen LogP contribution in [0.25, 0.3) is 0 Å². The van der Waals surface area contributed by atoms with Gasteiger partial charge in [-0.3, -0.25) is 0 Å². The summed E-state index contributed by atoms with van der Waals surface area (Å²) in [6.07, 6.45) is 7.39. The normalized spacial score (nSPS) is 22.1. The van der Waals surface area contributed by atoms with Crippen molar-refractivity contribution in [2.24, 2.45) is 0 Å². The first-order valence-electron chi connectivity index (χ1n) is 3.03. The quantitative estimate of drug-likeness (QED) is 0.438. The fourth-order valence-electron chi connectivity index (χ4n) is 1.05. The summed E-state index contributed by atoms with van der Waals surface area (Å²) in [7, 11) is 0. The zero-order chi connectivity index (χ0) is 5.11. The Morgan fingerprint density at radius 3 is 1.75 bits per heavy atom. The summed E-state index contributed by atoms with van der Waals surface area (Å²) in [5.74, 6) is 0. The van der Waals surface area contributed by atoms with Crippen molar-refractivity contribution in [3.8, 4) is 0 Å². The van der Waals surface area contributed by atoms with Crippen molar-refractivity contribution >= 4 is 22.6 Å². The highest BCUT2D eigenvalue weighted by molar-refractivity contribution is 14.1. The zero-order valence-corrected chi connectivity index (χ0v) is 6.65. The van der Waals surface area contributed by atoms with E-state index in [0.717, 1.165) is 3.92 Å². The van der Waals surface area contributed by atoms with Crippen molar-refractivity contribution in [3.63, 3.8) is 0 Å². The Morgan fingerprint density at radius 2 is 1.50 bits per heavy atom. The van der Waals surface area contributed by atoms with E-state index in [0.29, 0.717) is 0 Å². The number of hydrogen-bond donors (Lipinski definition) is 0. The summed E-state index contributed by atoms with van der Waals surface area (Å²) >= 11 is 2.56. The molecule has 0 nitrogen and oxygen atoms in total. The van der Waals surface area contributed by atoms with Gasteiger partial charge >= 0.3 is 0 Å². The van der Waals surface area contributed by atoms with Crippen LogP contribution in [0.1, 0.15) is 39.5 Å². The second kappa shape index (κ2) is 4.59. The van der Waals surface area contributed by atoms with Crippen molar-refractivity contribution in [1.29, 1.82) is 0 Å². The molecule has 1 aliphatic carbocycles. The van der Waals surface area contributed by atoms with E-state index in [1.165, 1.54) is 32.1 Å².